The van der Waals surface area contributed by atoms with Crippen LogP contribution in [0, 0.1) is 5.92 Å². The van der Waals surface area contributed by atoms with Crippen LogP contribution in [0.25, 0.3) is 0 Å². The van der Waals surface area contributed by atoms with E-state index in [0.717, 1.165) is 0 Å². The fraction of sp³-hybridized carbons (Fsp3) is 0.545. The zero-order valence-corrected chi connectivity index (χ0v) is 18.2. The van der Waals surface area contributed by atoms with E-state index in [1.165, 1.54) is 11.0 Å². The SMILES string of the molecule is CC(C)COC(=O)N1CCN(C(=O)c2ccc3c(c2)C(=O)N(C(C)(C)C)C3=O)CC1. The minimum atomic E-state index is -0.641. The molecule has 1 aromatic rings. The maximum atomic E-state index is 12.9. The highest BCUT2D eigenvalue weighted by Gasteiger charge is 2.42. The van der Waals surface area contributed by atoms with E-state index in [1.807, 2.05) is 13.8 Å². The Morgan fingerprint density at radius 1 is 0.967 bits per heavy atom. The van der Waals surface area contributed by atoms with Crippen LogP contribution in [0.2, 0.25) is 0 Å². The van der Waals surface area contributed by atoms with Crippen LogP contribution in [0.3, 0.4) is 0 Å². The molecule has 1 aromatic carbocycles. The molecule has 2 aliphatic rings. The Hall–Kier alpha value is -2.90. The molecule has 0 atom stereocenters. The molecule has 162 valence electrons. The number of carbonyl (C=O) groups excluding carboxylic acids is 4. The van der Waals surface area contributed by atoms with Crippen LogP contribution in [-0.4, -0.2) is 76.8 Å². The quantitative estimate of drug-likeness (QED) is 0.709. The van der Waals surface area contributed by atoms with Gasteiger partial charge in [-0.2, -0.15) is 0 Å². The summed E-state index contributed by atoms with van der Waals surface area (Å²) < 4.78 is 5.24. The first-order valence-corrected chi connectivity index (χ1v) is 10.2. The van der Waals surface area contributed by atoms with Crippen LogP contribution in [0.15, 0.2) is 18.2 Å². The van der Waals surface area contributed by atoms with Crippen LogP contribution in [-0.2, 0) is 4.74 Å². The molecule has 3 rings (SSSR count). The molecule has 0 bridgehead atoms. The zero-order chi connectivity index (χ0) is 22.2. The fourth-order valence-electron chi connectivity index (χ4n) is 3.59. The van der Waals surface area contributed by atoms with E-state index < -0.39 is 5.54 Å². The van der Waals surface area contributed by atoms with Crippen LogP contribution in [0.1, 0.15) is 65.7 Å². The van der Waals surface area contributed by atoms with E-state index in [-0.39, 0.29) is 35.3 Å². The predicted octanol–water partition coefficient (Wildman–Crippen LogP) is 2.63. The molecule has 1 fully saturated rings. The Kier molecular flexibility index (Phi) is 5.87. The third-order valence-corrected chi connectivity index (χ3v) is 5.17. The number of rotatable bonds is 3. The second-order valence-electron chi connectivity index (χ2n) is 9.13. The largest absolute Gasteiger partial charge is 0.449 e. The fourth-order valence-corrected chi connectivity index (χ4v) is 3.59. The molecule has 2 aliphatic heterocycles. The molecule has 0 aliphatic carbocycles. The van der Waals surface area contributed by atoms with Crippen molar-refractivity contribution in [3.63, 3.8) is 0 Å². The summed E-state index contributed by atoms with van der Waals surface area (Å²) in [4.78, 5) is 54.8. The van der Waals surface area contributed by atoms with Gasteiger partial charge in [-0.3, -0.25) is 19.3 Å². The Bertz CT molecular complexity index is 879. The third kappa shape index (κ3) is 4.17. The van der Waals surface area contributed by atoms with Crippen LogP contribution < -0.4 is 0 Å². The van der Waals surface area contributed by atoms with Gasteiger partial charge in [-0.1, -0.05) is 13.8 Å². The van der Waals surface area contributed by atoms with Gasteiger partial charge in [0.25, 0.3) is 17.7 Å². The topological polar surface area (TPSA) is 87.2 Å². The van der Waals surface area contributed by atoms with E-state index in [2.05, 4.69) is 0 Å². The van der Waals surface area contributed by atoms with Crippen molar-refractivity contribution >= 4 is 23.8 Å². The van der Waals surface area contributed by atoms with Gasteiger partial charge in [0.05, 0.1) is 17.7 Å². The molecule has 0 radical (unpaired) electrons. The Morgan fingerprint density at radius 2 is 1.53 bits per heavy atom. The second kappa shape index (κ2) is 8.08. The van der Waals surface area contributed by atoms with Crippen molar-refractivity contribution in [2.24, 2.45) is 5.92 Å². The zero-order valence-electron chi connectivity index (χ0n) is 18.2. The Morgan fingerprint density at radius 3 is 2.10 bits per heavy atom. The number of amides is 4. The van der Waals surface area contributed by atoms with E-state index in [0.29, 0.717) is 43.9 Å². The first-order valence-electron chi connectivity index (χ1n) is 10.2. The summed E-state index contributed by atoms with van der Waals surface area (Å²) >= 11 is 0. The Balaban J connectivity index is 1.67. The highest BCUT2D eigenvalue weighted by atomic mass is 16.6. The van der Waals surface area contributed by atoms with Gasteiger partial charge in [-0.15, -0.1) is 0 Å². The molecule has 30 heavy (non-hydrogen) atoms. The van der Waals surface area contributed by atoms with Gasteiger partial charge in [0.1, 0.15) is 0 Å². The number of nitrogens with zero attached hydrogens (tertiary/aromatic N) is 3. The summed E-state index contributed by atoms with van der Waals surface area (Å²) in [7, 11) is 0. The van der Waals surface area contributed by atoms with Gasteiger partial charge >= 0.3 is 6.09 Å². The van der Waals surface area contributed by atoms with Gasteiger partial charge < -0.3 is 14.5 Å². The second-order valence-corrected chi connectivity index (χ2v) is 9.13. The molecule has 8 nitrogen and oxygen atoms in total. The lowest BCUT2D eigenvalue weighted by molar-refractivity contribution is 0.0507. The van der Waals surface area contributed by atoms with E-state index in [1.54, 1.807) is 42.7 Å². The lowest BCUT2D eigenvalue weighted by Gasteiger charge is -2.34. The van der Waals surface area contributed by atoms with E-state index >= 15 is 0 Å². The Labute approximate surface area is 176 Å². The number of piperazine rings is 1. The molecule has 1 saturated heterocycles. The predicted molar refractivity (Wildman–Crippen MR) is 110 cm³/mol. The number of carbonyl (C=O) groups is 4. The lowest BCUT2D eigenvalue weighted by Crippen LogP contribution is -2.50. The van der Waals surface area contributed by atoms with Crippen molar-refractivity contribution in [2.75, 3.05) is 32.8 Å². The van der Waals surface area contributed by atoms with E-state index in [4.69, 9.17) is 4.74 Å². The number of fused-ring (bicyclic) bond motifs is 1. The molecule has 0 aromatic heterocycles. The molecule has 8 heteroatoms. The van der Waals surface area contributed by atoms with Gasteiger partial charge in [0, 0.05) is 37.3 Å². The minimum absolute atomic E-state index is 0.220. The summed E-state index contributed by atoms with van der Waals surface area (Å²) in [5.74, 6) is -0.673. The summed E-state index contributed by atoms with van der Waals surface area (Å²) in [6.45, 7) is 11.3. The minimum Gasteiger partial charge on any atom is -0.449 e. The molecular weight excluding hydrogens is 386 g/mol. The molecule has 0 saturated carbocycles. The number of benzene rings is 1. The van der Waals surface area contributed by atoms with Crippen molar-refractivity contribution in [2.45, 2.75) is 40.2 Å². The average Bonchev–Trinajstić information content (AvgIpc) is 2.95. The van der Waals surface area contributed by atoms with Crippen LogP contribution in [0.5, 0.6) is 0 Å². The normalized spacial score (nSPS) is 16.9. The standard InChI is InChI=1S/C22H29N3O5/c1-14(2)13-30-21(29)24-10-8-23(9-11-24)18(26)15-6-7-16-17(12-15)20(28)25(19(16)27)22(3,4)5/h6-7,12,14H,8-11,13H2,1-5H3. The van der Waals surface area contributed by atoms with Gasteiger partial charge in [0.15, 0.2) is 0 Å². The van der Waals surface area contributed by atoms with Gasteiger partial charge in [-0.05, 0) is 44.9 Å². The first kappa shape index (κ1) is 21.8. The molecule has 2 heterocycles. The molecule has 4 amide bonds. The van der Waals surface area contributed by atoms with Crippen LogP contribution >= 0.6 is 0 Å². The van der Waals surface area contributed by atoms with Crippen LogP contribution in [0.4, 0.5) is 4.79 Å². The molecule has 0 spiro atoms. The van der Waals surface area contributed by atoms with Gasteiger partial charge in [-0.25, -0.2) is 4.79 Å². The maximum absolute atomic E-state index is 12.9. The van der Waals surface area contributed by atoms with Crippen molar-refractivity contribution in [1.29, 1.82) is 0 Å². The molecule has 0 unspecified atom stereocenters. The van der Waals surface area contributed by atoms with Gasteiger partial charge in [0.2, 0.25) is 0 Å². The maximum Gasteiger partial charge on any atom is 0.409 e. The van der Waals surface area contributed by atoms with E-state index in [9.17, 15) is 19.2 Å². The highest BCUT2D eigenvalue weighted by molar-refractivity contribution is 6.22. The average molecular weight is 415 g/mol. The van der Waals surface area contributed by atoms with Crippen molar-refractivity contribution in [3.05, 3.63) is 34.9 Å². The highest BCUT2D eigenvalue weighted by Crippen LogP contribution is 2.30. The number of hydrogen-bond acceptors (Lipinski definition) is 5. The summed E-state index contributed by atoms with van der Waals surface area (Å²) in [6.07, 6.45) is -0.361. The summed E-state index contributed by atoms with van der Waals surface area (Å²) in [6, 6.07) is 4.64. The lowest BCUT2D eigenvalue weighted by atomic mass is 10.0. The summed E-state index contributed by atoms with van der Waals surface area (Å²) in [5, 5.41) is 0. The van der Waals surface area contributed by atoms with Crippen molar-refractivity contribution < 1.29 is 23.9 Å². The molecular formula is C22H29N3O5. The van der Waals surface area contributed by atoms with Crippen molar-refractivity contribution in [3.8, 4) is 0 Å². The smallest absolute Gasteiger partial charge is 0.409 e. The number of imide groups is 1. The number of hydrogen-bond donors (Lipinski definition) is 0. The first-order chi connectivity index (χ1) is 14.0. The third-order valence-electron chi connectivity index (χ3n) is 5.17. The molecule has 0 N–H and O–H groups in total. The number of ether oxygens (including phenoxy) is 1. The monoisotopic (exact) mass is 415 g/mol. The van der Waals surface area contributed by atoms with Crippen molar-refractivity contribution in [1.82, 2.24) is 14.7 Å². The summed E-state index contributed by atoms with van der Waals surface area (Å²) in [5.41, 5.74) is 0.306.